The predicted molar refractivity (Wildman–Crippen MR) is 70.1 cm³/mol. The van der Waals surface area contributed by atoms with Gasteiger partial charge in [0, 0.05) is 13.6 Å². The van der Waals surface area contributed by atoms with E-state index in [1.54, 1.807) is 31.0 Å². The first-order valence-corrected chi connectivity index (χ1v) is 6.35. The summed E-state index contributed by atoms with van der Waals surface area (Å²) in [5.41, 5.74) is 1.02. The SMILES string of the molecule is Cc1cccc(F)c1NC(=O)N(C)CC1CCC1. The van der Waals surface area contributed by atoms with Crippen molar-refractivity contribution in [2.75, 3.05) is 18.9 Å². The number of halogens is 1. The van der Waals surface area contributed by atoms with Crippen molar-refractivity contribution in [1.29, 1.82) is 0 Å². The molecule has 0 atom stereocenters. The number of rotatable bonds is 3. The largest absolute Gasteiger partial charge is 0.327 e. The number of benzene rings is 1. The van der Waals surface area contributed by atoms with Crippen molar-refractivity contribution >= 4 is 11.7 Å². The Hall–Kier alpha value is -1.58. The molecule has 0 spiro atoms. The lowest BCUT2D eigenvalue weighted by Crippen LogP contribution is -2.37. The van der Waals surface area contributed by atoms with Crippen LogP contribution in [0.4, 0.5) is 14.9 Å². The van der Waals surface area contributed by atoms with E-state index in [1.807, 2.05) is 0 Å². The summed E-state index contributed by atoms with van der Waals surface area (Å²) < 4.78 is 13.6. The van der Waals surface area contributed by atoms with Crippen molar-refractivity contribution in [3.05, 3.63) is 29.6 Å². The molecule has 0 unspecified atom stereocenters. The van der Waals surface area contributed by atoms with Crippen LogP contribution in [0, 0.1) is 18.7 Å². The maximum atomic E-state index is 13.6. The number of anilines is 1. The number of nitrogens with one attached hydrogen (secondary N) is 1. The average molecular weight is 250 g/mol. The Bertz CT molecular complexity index is 423. The molecular formula is C14H19FN2O. The number of hydrogen-bond acceptors (Lipinski definition) is 1. The topological polar surface area (TPSA) is 32.3 Å². The van der Waals surface area contributed by atoms with Gasteiger partial charge in [-0.15, -0.1) is 0 Å². The summed E-state index contributed by atoms with van der Waals surface area (Å²) in [6.07, 6.45) is 3.64. The summed E-state index contributed by atoms with van der Waals surface area (Å²) in [5.74, 6) is 0.225. The van der Waals surface area contributed by atoms with E-state index in [1.165, 1.54) is 25.3 Å². The molecule has 0 aromatic heterocycles. The molecule has 1 N–H and O–H groups in total. The monoisotopic (exact) mass is 250 g/mol. The summed E-state index contributed by atoms with van der Waals surface area (Å²) in [7, 11) is 1.75. The normalized spacial score (nSPS) is 15.1. The van der Waals surface area contributed by atoms with Gasteiger partial charge in [-0.2, -0.15) is 0 Å². The first-order valence-electron chi connectivity index (χ1n) is 6.35. The van der Waals surface area contributed by atoms with Gasteiger partial charge in [-0.25, -0.2) is 9.18 Å². The zero-order chi connectivity index (χ0) is 13.1. The smallest absolute Gasteiger partial charge is 0.321 e. The van der Waals surface area contributed by atoms with Crippen LogP contribution in [-0.2, 0) is 0 Å². The fourth-order valence-corrected chi connectivity index (χ4v) is 2.14. The number of carbonyl (C=O) groups excluding carboxylic acids is 1. The van der Waals surface area contributed by atoms with E-state index in [9.17, 15) is 9.18 Å². The molecule has 1 aliphatic rings. The number of para-hydroxylation sites is 1. The molecule has 18 heavy (non-hydrogen) atoms. The van der Waals surface area contributed by atoms with Gasteiger partial charge >= 0.3 is 6.03 Å². The fourth-order valence-electron chi connectivity index (χ4n) is 2.14. The molecule has 2 amide bonds. The predicted octanol–water partition coefficient (Wildman–Crippen LogP) is 3.40. The van der Waals surface area contributed by atoms with Gasteiger partial charge in [-0.1, -0.05) is 18.6 Å². The highest BCUT2D eigenvalue weighted by Gasteiger charge is 2.22. The highest BCUT2D eigenvalue weighted by Crippen LogP contribution is 2.27. The van der Waals surface area contributed by atoms with E-state index in [0.29, 0.717) is 5.92 Å². The molecule has 0 radical (unpaired) electrons. The van der Waals surface area contributed by atoms with E-state index in [2.05, 4.69) is 5.32 Å². The molecule has 0 aliphatic heterocycles. The van der Waals surface area contributed by atoms with Crippen LogP contribution in [0.3, 0.4) is 0 Å². The summed E-state index contributed by atoms with van der Waals surface area (Å²) in [4.78, 5) is 13.6. The lowest BCUT2D eigenvalue weighted by molar-refractivity contribution is 0.194. The van der Waals surface area contributed by atoms with Crippen molar-refractivity contribution in [3.8, 4) is 0 Å². The van der Waals surface area contributed by atoms with Crippen LogP contribution in [0.2, 0.25) is 0 Å². The maximum absolute atomic E-state index is 13.6. The van der Waals surface area contributed by atoms with Crippen molar-refractivity contribution in [2.24, 2.45) is 5.92 Å². The third kappa shape index (κ3) is 2.81. The van der Waals surface area contributed by atoms with Crippen LogP contribution < -0.4 is 5.32 Å². The van der Waals surface area contributed by atoms with Gasteiger partial charge < -0.3 is 10.2 Å². The molecule has 0 bridgehead atoms. The average Bonchev–Trinajstić information content (AvgIpc) is 2.28. The molecule has 98 valence electrons. The van der Waals surface area contributed by atoms with Crippen LogP contribution >= 0.6 is 0 Å². The Morgan fingerprint density at radius 1 is 1.50 bits per heavy atom. The minimum Gasteiger partial charge on any atom is -0.327 e. The van der Waals surface area contributed by atoms with E-state index in [0.717, 1.165) is 12.1 Å². The lowest BCUT2D eigenvalue weighted by Gasteiger charge is -2.30. The Morgan fingerprint density at radius 2 is 2.22 bits per heavy atom. The molecule has 1 aromatic carbocycles. The lowest BCUT2D eigenvalue weighted by atomic mass is 9.85. The molecule has 0 saturated heterocycles. The van der Waals surface area contributed by atoms with Crippen LogP contribution in [0.15, 0.2) is 18.2 Å². The Morgan fingerprint density at radius 3 is 2.78 bits per heavy atom. The number of nitrogens with zero attached hydrogens (tertiary/aromatic N) is 1. The molecule has 3 nitrogen and oxygen atoms in total. The zero-order valence-electron chi connectivity index (χ0n) is 10.9. The second kappa shape index (κ2) is 5.38. The number of hydrogen-bond donors (Lipinski definition) is 1. The summed E-state index contributed by atoms with van der Waals surface area (Å²) in [6.45, 7) is 2.53. The minimum atomic E-state index is -0.389. The van der Waals surface area contributed by atoms with Gasteiger partial charge in [-0.3, -0.25) is 0 Å². The van der Waals surface area contributed by atoms with E-state index >= 15 is 0 Å². The van der Waals surface area contributed by atoms with Crippen LogP contribution in [0.5, 0.6) is 0 Å². The van der Waals surface area contributed by atoms with E-state index < -0.39 is 0 Å². The number of carbonyl (C=O) groups is 1. The van der Waals surface area contributed by atoms with Crippen molar-refractivity contribution in [2.45, 2.75) is 26.2 Å². The number of amides is 2. The number of aryl methyl sites for hydroxylation is 1. The Kier molecular flexibility index (Phi) is 3.84. The highest BCUT2D eigenvalue weighted by molar-refractivity contribution is 5.90. The highest BCUT2D eigenvalue weighted by atomic mass is 19.1. The summed E-state index contributed by atoms with van der Waals surface area (Å²) in [5, 5.41) is 2.64. The van der Waals surface area contributed by atoms with Crippen molar-refractivity contribution in [3.63, 3.8) is 0 Å². The Balaban J connectivity index is 1.97. The quantitative estimate of drug-likeness (QED) is 0.876. The molecule has 4 heteroatoms. The third-order valence-electron chi connectivity index (χ3n) is 3.56. The standard InChI is InChI=1S/C14H19FN2O/c1-10-5-3-8-12(15)13(10)16-14(18)17(2)9-11-6-4-7-11/h3,5,8,11H,4,6-7,9H2,1-2H3,(H,16,18). The van der Waals surface area contributed by atoms with Crippen LogP contribution in [0.25, 0.3) is 0 Å². The van der Waals surface area contributed by atoms with Crippen molar-refractivity contribution < 1.29 is 9.18 Å². The van der Waals surface area contributed by atoms with Gasteiger partial charge in [-0.05, 0) is 37.3 Å². The van der Waals surface area contributed by atoms with E-state index in [4.69, 9.17) is 0 Å². The second-order valence-corrected chi connectivity index (χ2v) is 5.04. The van der Waals surface area contributed by atoms with Crippen LogP contribution in [-0.4, -0.2) is 24.5 Å². The number of urea groups is 1. The van der Waals surface area contributed by atoms with Gasteiger partial charge in [0.2, 0.25) is 0 Å². The van der Waals surface area contributed by atoms with Crippen LogP contribution in [0.1, 0.15) is 24.8 Å². The molecular weight excluding hydrogens is 231 g/mol. The molecule has 1 aliphatic carbocycles. The Labute approximate surface area is 107 Å². The fraction of sp³-hybridized carbons (Fsp3) is 0.500. The van der Waals surface area contributed by atoms with Gasteiger partial charge in [0.05, 0.1) is 5.69 Å². The first kappa shape index (κ1) is 12.9. The molecule has 2 rings (SSSR count). The zero-order valence-corrected chi connectivity index (χ0v) is 10.9. The van der Waals surface area contributed by atoms with Gasteiger partial charge in [0.1, 0.15) is 5.82 Å². The molecule has 1 fully saturated rings. The first-order chi connectivity index (χ1) is 8.58. The van der Waals surface area contributed by atoms with Crippen molar-refractivity contribution in [1.82, 2.24) is 4.90 Å². The van der Waals surface area contributed by atoms with E-state index in [-0.39, 0.29) is 17.5 Å². The molecule has 0 heterocycles. The third-order valence-corrected chi connectivity index (χ3v) is 3.56. The minimum absolute atomic E-state index is 0.241. The molecule has 1 saturated carbocycles. The summed E-state index contributed by atoms with van der Waals surface area (Å²) >= 11 is 0. The summed E-state index contributed by atoms with van der Waals surface area (Å²) in [6, 6.07) is 4.53. The second-order valence-electron chi connectivity index (χ2n) is 5.04. The maximum Gasteiger partial charge on any atom is 0.321 e. The van der Waals surface area contributed by atoms with Gasteiger partial charge in [0.25, 0.3) is 0 Å². The molecule has 1 aromatic rings. The van der Waals surface area contributed by atoms with Gasteiger partial charge in [0.15, 0.2) is 0 Å².